The Kier molecular flexibility index (Phi) is 5.71. The van der Waals surface area contributed by atoms with Crippen LogP contribution < -0.4 is 5.32 Å². The molecule has 1 aliphatic heterocycles. The molecule has 1 N–H and O–H groups in total. The Balaban J connectivity index is 1.33. The lowest BCUT2D eigenvalue weighted by Gasteiger charge is -2.31. The number of likely N-dealkylation sites (tertiary alicyclic amines) is 1. The van der Waals surface area contributed by atoms with Crippen molar-refractivity contribution in [2.45, 2.75) is 64.6 Å². The van der Waals surface area contributed by atoms with Crippen molar-refractivity contribution in [1.29, 1.82) is 0 Å². The summed E-state index contributed by atoms with van der Waals surface area (Å²) in [6.45, 7) is 6.89. The van der Waals surface area contributed by atoms with Crippen molar-refractivity contribution in [3.05, 3.63) is 11.7 Å². The van der Waals surface area contributed by atoms with Crippen LogP contribution in [0, 0.1) is 5.92 Å². The molecule has 1 aliphatic carbocycles. The molecule has 1 saturated heterocycles. The van der Waals surface area contributed by atoms with Crippen LogP contribution in [0.5, 0.6) is 0 Å². The van der Waals surface area contributed by atoms with Crippen LogP contribution in [-0.2, 0) is 11.3 Å². The number of ether oxygens (including phenoxy) is 1. The van der Waals surface area contributed by atoms with Gasteiger partial charge >= 0.3 is 6.03 Å². The molecule has 7 heteroatoms. The van der Waals surface area contributed by atoms with Gasteiger partial charge in [-0.05, 0) is 38.0 Å². The van der Waals surface area contributed by atoms with Gasteiger partial charge in [0.15, 0.2) is 5.82 Å². The SMILES string of the molecule is CC(C)CCNC(=O)N1CCC(OCc2nc(C3CC3)no2)CC1. The van der Waals surface area contributed by atoms with Crippen LogP contribution in [0.15, 0.2) is 4.52 Å². The fourth-order valence-corrected chi connectivity index (χ4v) is 2.83. The first kappa shape index (κ1) is 17.2. The zero-order valence-corrected chi connectivity index (χ0v) is 14.7. The average Bonchev–Trinajstić information content (AvgIpc) is 3.31. The van der Waals surface area contributed by atoms with Gasteiger partial charge in [-0.25, -0.2) is 4.79 Å². The quantitative estimate of drug-likeness (QED) is 0.828. The van der Waals surface area contributed by atoms with Gasteiger partial charge in [0, 0.05) is 25.6 Å². The maximum Gasteiger partial charge on any atom is 0.317 e. The number of hydrogen-bond donors (Lipinski definition) is 1. The Morgan fingerprint density at radius 1 is 1.33 bits per heavy atom. The first-order valence-corrected chi connectivity index (χ1v) is 9.08. The normalized spacial score (nSPS) is 19.0. The second-order valence-electron chi connectivity index (χ2n) is 7.23. The van der Waals surface area contributed by atoms with Gasteiger partial charge < -0.3 is 19.5 Å². The lowest BCUT2D eigenvalue weighted by atomic mass is 10.1. The number of carbonyl (C=O) groups is 1. The predicted octanol–water partition coefficient (Wildman–Crippen LogP) is 2.68. The number of nitrogens with one attached hydrogen (secondary N) is 1. The molecule has 24 heavy (non-hydrogen) atoms. The first-order valence-electron chi connectivity index (χ1n) is 9.08. The van der Waals surface area contributed by atoms with Gasteiger partial charge in [-0.1, -0.05) is 19.0 Å². The number of aromatic nitrogens is 2. The van der Waals surface area contributed by atoms with E-state index in [1.165, 1.54) is 0 Å². The monoisotopic (exact) mass is 336 g/mol. The summed E-state index contributed by atoms with van der Waals surface area (Å²) < 4.78 is 11.1. The lowest BCUT2D eigenvalue weighted by Crippen LogP contribution is -2.46. The molecule has 2 amide bonds. The van der Waals surface area contributed by atoms with E-state index in [4.69, 9.17) is 9.26 Å². The lowest BCUT2D eigenvalue weighted by molar-refractivity contribution is -0.00611. The smallest absolute Gasteiger partial charge is 0.317 e. The molecular formula is C17H28N4O3. The van der Waals surface area contributed by atoms with Gasteiger partial charge in [-0.2, -0.15) is 4.98 Å². The average molecular weight is 336 g/mol. The van der Waals surface area contributed by atoms with Gasteiger partial charge in [-0.3, -0.25) is 0 Å². The topological polar surface area (TPSA) is 80.5 Å². The summed E-state index contributed by atoms with van der Waals surface area (Å²) in [4.78, 5) is 18.3. The van der Waals surface area contributed by atoms with Crippen LogP contribution in [-0.4, -0.2) is 46.8 Å². The molecule has 0 radical (unpaired) electrons. The fraction of sp³-hybridized carbons (Fsp3) is 0.824. The standard InChI is InChI=1S/C17H28N4O3/c1-12(2)5-8-18-17(22)21-9-6-14(7-10-21)23-11-15-19-16(20-24-15)13-3-4-13/h12-14H,3-11H2,1-2H3,(H,18,22). The number of piperidine rings is 1. The second-order valence-corrected chi connectivity index (χ2v) is 7.23. The molecule has 0 unspecified atom stereocenters. The summed E-state index contributed by atoms with van der Waals surface area (Å²) >= 11 is 0. The molecule has 2 fully saturated rings. The van der Waals surface area contributed by atoms with Crippen molar-refractivity contribution in [3.63, 3.8) is 0 Å². The van der Waals surface area contributed by atoms with E-state index in [0.29, 0.717) is 24.3 Å². The number of carbonyl (C=O) groups excluding carboxylic acids is 1. The fourth-order valence-electron chi connectivity index (χ4n) is 2.83. The van der Waals surface area contributed by atoms with Crippen molar-refractivity contribution in [2.75, 3.05) is 19.6 Å². The zero-order valence-electron chi connectivity index (χ0n) is 14.7. The molecule has 2 heterocycles. The van der Waals surface area contributed by atoms with E-state index in [1.807, 2.05) is 4.90 Å². The first-order chi connectivity index (χ1) is 11.6. The summed E-state index contributed by atoms with van der Waals surface area (Å²) in [5, 5.41) is 6.98. The second kappa shape index (κ2) is 7.96. The minimum Gasteiger partial charge on any atom is -0.368 e. The van der Waals surface area contributed by atoms with Gasteiger partial charge in [-0.15, -0.1) is 0 Å². The Bertz CT molecular complexity index is 534. The Hall–Kier alpha value is -1.63. The Morgan fingerprint density at radius 2 is 2.08 bits per heavy atom. The number of rotatable bonds is 7. The van der Waals surface area contributed by atoms with Crippen molar-refractivity contribution in [3.8, 4) is 0 Å². The number of nitrogens with zero attached hydrogens (tertiary/aromatic N) is 3. The molecule has 1 aromatic heterocycles. The minimum absolute atomic E-state index is 0.0417. The minimum atomic E-state index is 0.0417. The van der Waals surface area contributed by atoms with Crippen molar-refractivity contribution in [1.82, 2.24) is 20.4 Å². The third kappa shape index (κ3) is 4.93. The van der Waals surface area contributed by atoms with Gasteiger partial charge in [0.1, 0.15) is 6.61 Å². The maximum absolute atomic E-state index is 12.1. The highest BCUT2D eigenvalue weighted by atomic mass is 16.5. The van der Waals surface area contributed by atoms with Crippen LogP contribution >= 0.6 is 0 Å². The van der Waals surface area contributed by atoms with E-state index in [9.17, 15) is 4.79 Å². The third-order valence-corrected chi connectivity index (χ3v) is 4.60. The van der Waals surface area contributed by atoms with Crippen LogP contribution in [0.25, 0.3) is 0 Å². The van der Waals surface area contributed by atoms with Crippen molar-refractivity contribution >= 4 is 6.03 Å². The van der Waals surface area contributed by atoms with Gasteiger partial charge in [0.05, 0.1) is 6.10 Å². The molecule has 1 aromatic rings. The van der Waals surface area contributed by atoms with E-state index in [-0.39, 0.29) is 12.1 Å². The van der Waals surface area contributed by atoms with Crippen molar-refractivity contribution in [2.24, 2.45) is 5.92 Å². The molecule has 3 rings (SSSR count). The predicted molar refractivity (Wildman–Crippen MR) is 88.5 cm³/mol. The van der Waals surface area contributed by atoms with E-state index < -0.39 is 0 Å². The largest absolute Gasteiger partial charge is 0.368 e. The summed E-state index contributed by atoms with van der Waals surface area (Å²) in [5.74, 6) is 2.49. The molecule has 1 saturated carbocycles. The van der Waals surface area contributed by atoms with Crippen molar-refractivity contribution < 1.29 is 14.1 Å². The Morgan fingerprint density at radius 3 is 2.75 bits per heavy atom. The highest BCUT2D eigenvalue weighted by molar-refractivity contribution is 5.74. The molecule has 134 valence electrons. The van der Waals surface area contributed by atoms with Crippen LogP contribution in [0.4, 0.5) is 4.79 Å². The number of urea groups is 1. The third-order valence-electron chi connectivity index (χ3n) is 4.60. The maximum atomic E-state index is 12.1. The van der Waals surface area contributed by atoms with Crippen LogP contribution in [0.3, 0.4) is 0 Å². The number of amides is 2. The molecule has 0 spiro atoms. The molecule has 0 bridgehead atoms. The van der Waals surface area contributed by atoms with E-state index in [2.05, 4.69) is 29.3 Å². The summed E-state index contributed by atoms with van der Waals surface area (Å²) in [6.07, 6.45) is 5.19. The Labute approximate surface area is 143 Å². The van der Waals surface area contributed by atoms with Gasteiger partial charge in [0.2, 0.25) is 0 Å². The van der Waals surface area contributed by atoms with E-state index in [0.717, 1.165) is 57.6 Å². The molecule has 0 aromatic carbocycles. The molecule has 7 nitrogen and oxygen atoms in total. The highest BCUT2D eigenvalue weighted by Gasteiger charge is 2.29. The van der Waals surface area contributed by atoms with E-state index in [1.54, 1.807) is 0 Å². The van der Waals surface area contributed by atoms with Crippen LogP contribution in [0.2, 0.25) is 0 Å². The molecule has 2 aliphatic rings. The summed E-state index contributed by atoms with van der Waals surface area (Å²) in [5.41, 5.74) is 0. The van der Waals surface area contributed by atoms with Crippen LogP contribution in [0.1, 0.15) is 63.6 Å². The molecule has 0 atom stereocenters. The molecular weight excluding hydrogens is 308 g/mol. The summed E-state index contributed by atoms with van der Waals surface area (Å²) in [6, 6.07) is 0.0417. The van der Waals surface area contributed by atoms with E-state index >= 15 is 0 Å². The summed E-state index contributed by atoms with van der Waals surface area (Å²) in [7, 11) is 0. The van der Waals surface area contributed by atoms with Gasteiger partial charge in [0.25, 0.3) is 5.89 Å². The number of hydrogen-bond acceptors (Lipinski definition) is 5. The zero-order chi connectivity index (χ0) is 16.9. The highest BCUT2D eigenvalue weighted by Crippen LogP contribution is 2.38.